The van der Waals surface area contributed by atoms with Gasteiger partial charge in [-0.3, -0.25) is 0 Å². The van der Waals surface area contributed by atoms with Crippen molar-refractivity contribution in [3.8, 4) is 5.75 Å². The van der Waals surface area contributed by atoms with Crippen LogP contribution in [0.25, 0.3) is 5.57 Å². The molecule has 0 heterocycles. The molecule has 0 saturated heterocycles. The van der Waals surface area contributed by atoms with Crippen LogP contribution in [0.1, 0.15) is 75.5 Å². The van der Waals surface area contributed by atoms with E-state index in [4.69, 9.17) is 4.74 Å². The summed E-state index contributed by atoms with van der Waals surface area (Å²) in [5, 5.41) is 0. The van der Waals surface area contributed by atoms with Crippen LogP contribution in [-0.4, -0.2) is 12.8 Å². The zero-order valence-electron chi connectivity index (χ0n) is 19.5. The number of hydrogen-bond donors (Lipinski definition) is 0. The lowest BCUT2D eigenvalue weighted by Crippen LogP contribution is -2.34. The number of ether oxygens (including phenoxy) is 1. The molecule has 0 bridgehead atoms. The number of alkyl halides is 2. The van der Waals surface area contributed by atoms with Crippen molar-refractivity contribution in [1.29, 1.82) is 0 Å². The Bertz CT molecular complexity index is 882. The normalized spacial score (nSPS) is 20.2. The van der Waals surface area contributed by atoms with Crippen molar-refractivity contribution in [3.05, 3.63) is 83.4 Å². The van der Waals surface area contributed by atoms with Crippen LogP contribution in [0.3, 0.4) is 0 Å². The Morgan fingerprint density at radius 1 is 0.844 bits per heavy atom. The fourth-order valence-corrected chi connectivity index (χ4v) is 4.22. The van der Waals surface area contributed by atoms with Crippen LogP contribution in [0.15, 0.2) is 66.8 Å². The summed E-state index contributed by atoms with van der Waals surface area (Å²) in [4.78, 5) is 0. The molecule has 0 saturated carbocycles. The number of benzene rings is 2. The fourth-order valence-electron chi connectivity index (χ4n) is 4.22. The van der Waals surface area contributed by atoms with Gasteiger partial charge in [0.25, 0.3) is 0 Å². The molecule has 2 atom stereocenters. The van der Waals surface area contributed by atoms with Crippen molar-refractivity contribution in [3.63, 3.8) is 0 Å². The van der Waals surface area contributed by atoms with Crippen molar-refractivity contribution in [1.82, 2.24) is 0 Å². The highest BCUT2D eigenvalue weighted by Gasteiger charge is 2.45. The van der Waals surface area contributed by atoms with Crippen molar-refractivity contribution in [2.45, 2.75) is 77.1 Å². The first-order chi connectivity index (χ1) is 15.6. The highest BCUT2D eigenvalue weighted by atomic mass is 19.2. The van der Waals surface area contributed by atoms with Gasteiger partial charge in [0.1, 0.15) is 5.75 Å². The van der Waals surface area contributed by atoms with Gasteiger partial charge < -0.3 is 4.74 Å². The minimum atomic E-state index is -2.21. The molecule has 0 aromatic heterocycles. The summed E-state index contributed by atoms with van der Waals surface area (Å²) in [5.74, 6) is 0.759. The van der Waals surface area contributed by atoms with Crippen LogP contribution in [0.4, 0.5) is 8.78 Å². The number of aryl methyl sites for hydroxylation is 1. The van der Waals surface area contributed by atoms with Crippen molar-refractivity contribution in [2.75, 3.05) is 6.61 Å². The molecule has 172 valence electrons. The number of unbranched alkanes of at least 4 members (excludes halogenated alkanes) is 5. The number of allylic oxidation sites excluding steroid dienone is 4. The van der Waals surface area contributed by atoms with Crippen LogP contribution in [-0.2, 0) is 12.1 Å². The Kier molecular flexibility index (Phi) is 9.08. The van der Waals surface area contributed by atoms with Gasteiger partial charge in [0.05, 0.1) is 6.61 Å². The van der Waals surface area contributed by atoms with Crippen LogP contribution >= 0.6 is 0 Å². The molecule has 1 aliphatic rings. The van der Waals surface area contributed by atoms with Gasteiger partial charge in [0.2, 0.25) is 0 Å². The second-order valence-electron chi connectivity index (χ2n) is 8.67. The predicted molar refractivity (Wildman–Crippen MR) is 131 cm³/mol. The van der Waals surface area contributed by atoms with E-state index in [0.29, 0.717) is 23.3 Å². The number of hydrogen-bond acceptors (Lipinski definition) is 1. The summed E-state index contributed by atoms with van der Waals surface area (Å²) in [7, 11) is 0. The Hall–Kier alpha value is -2.42. The van der Waals surface area contributed by atoms with Gasteiger partial charge in [-0.25, -0.2) is 8.78 Å². The summed E-state index contributed by atoms with van der Waals surface area (Å²) >= 11 is 0. The number of halogens is 2. The van der Waals surface area contributed by atoms with E-state index in [1.165, 1.54) is 37.3 Å². The lowest BCUT2D eigenvalue weighted by Gasteiger charge is -2.33. The topological polar surface area (TPSA) is 9.23 Å². The SMILES string of the molecule is CCCCCCOc1ccc(C2=CC=CC(F)C2(F)c2ccc(CCCCC)cc2)cc1. The molecule has 0 radical (unpaired) electrons. The second kappa shape index (κ2) is 12.0. The van der Waals surface area contributed by atoms with E-state index in [1.807, 2.05) is 36.4 Å². The molecule has 1 aliphatic carbocycles. The summed E-state index contributed by atoms with van der Waals surface area (Å²) in [6, 6.07) is 14.7. The maximum absolute atomic E-state index is 16.4. The molecule has 3 rings (SSSR count). The van der Waals surface area contributed by atoms with Gasteiger partial charge >= 0.3 is 0 Å². The summed E-state index contributed by atoms with van der Waals surface area (Å²) in [6.45, 7) is 5.03. The van der Waals surface area contributed by atoms with Gasteiger partial charge in [-0.1, -0.05) is 94.5 Å². The first-order valence-corrected chi connectivity index (χ1v) is 12.1. The second-order valence-corrected chi connectivity index (χ2v) is 8.67. The van der Waals surface area contributed by atoms with Crippen molar-refractivity contribution >= 4 is 5.57 Å². The summed E-state index contributed by atoms with van der Waals surface area (Å²) in [5.41, 5.74) is 0.333. The van der Waals surface area contributed by atoms with Gasteiger partial charge in [0, 0.05) is 5.57 Å². The van der Waals surface area contributed by atoms with E-state index in [0.717, 1.165) is 31.4 Å². The molecule has 3 heteroatoms. The standard InChI is InChI=1S/C29H36F2O/c1-3-5-7-9-22-32-26-20-16-24(17-21-26)27-12-10-13-28(30)29(27,31)25-18-14-23(15-19-25)11-8-6-4-2/h10,12-21,28H,3-9,11,22H2,1-2H3. The maximum atomic E-state index is 16.4. The Morgan fingerprint density at radius 3 is 2.22 bits per heavy atom. The molecule has 0 N–H and O–H groups in total. The molecular weight excluding hydrogens is 402 g/mol. The van der Waals surface area contributed by atoms with Gasteiger partial charge in [-0.2, -0.15) is 0 Å². The first-order valence-electron chi connectivity index (χ1n) is 12.1. The van der Waals surface area contributed by atoms with Gasteiger partial charge in [0.15, 0.2) is 11.8 Å². The van der Waals surface area contributed by atoms with Crippen LogP contribution in [0.2, 0.25) is 0 Å². The maximum Gasteiger partial charge on any atom is 0.196 e. The average Bonchev–Trinajstić information content (AvgIpc) is 2.82. The highest BCUT2D eigenvalue weighted by Crippen LogP contribution is 2.46. The molecule has 32 heavy (non-hydrogen) atoms. The molecular formula is C29H36F2O. The average molecular weight is 439 g/mol. The lowest BCUT2D eigenvalue weighted by molar-refractivity contribution is 0.135. The molecule has 0 aliphatic heterocycles. The number of rotatable bonds is 12. The van der Waals surface area contributed by atoms with E-state index in [-0.39, 0.29) is 0 Å². The first kappa shape index (κ1) is 24.2. The molecule has 2 aromatic carbocycles. The van der Waals surface area contributed by atoms with Gasteiger partial charge in [-0.05, 0) is 54.2 Å². The molecule has 0 spiro atoms. The van der Waals surface area contributed by atoms with E-state index < -0.39 is 11.8 Å². The van der Waals surface area contributed by atoms with Crippen molar-refractivity contribution in [2.24, 2.45) is 0 Å². The molecule has 0 fully saturated rings. The quantitative estimate of drug-likeness (QED) is 0.302. The Morgan fingerprint density at radius 2 is 1.53 bits per heavy atom. The third kappa shape index (κ3) is 5.88. The molecule has 2 aromatic rings. The smallest absolute Gasteiger partial charge is 0.196 e. The summed E-state index contributed by atoms with van der Waals surface area (Å²) in [6.07, 6.45) is 11.9. The van der Waals surface area contributed by atoms with Crippen LogP contribution in [0.5, 0.6) is 5.75 Å². The fraction of sp³-hybridized carbons (Fsp3) is 0.448. The molecule has 1 nitrogen and oxygen atoms in total. The molecule has 0 amide bonds. The zero-order valence-corrected chi connectivity index (χ0v) is 19.5. The Labute approximate surface area is 192 Å². The molecule has 2 unspecified atom stereocenters. The highest BCUT2D eigenvalue weighted by molar-refractivity contribution is 5.78. The van der Waals surface area contributed by atoms with Crippen LogP contribution < -0.4 is 4.74 Å². The monoisotopic (exact) mass is 438 g/mol. The zero-order chi connectivity index (χ0) is 22.8. The van der Waals surface area contributed by atoms with Crippen LogP contribution in [0, 0.1) is 0 Å². The van der Waals surface area contributed by atoms with E-state index >= 15 is 8.78 Å². The third-order valence-corrected chi connectivity index (χ3v) is 6.19. The lowest BCUT2D eigenvalue weighted by atomic mass is 9.77. The van der Waals surface area contributed by atoms with E-state index in [9.17, 15) is 0 Å². The van der Waals surface area contributed by atoms with E-state index in [1.54, 1.807) is 24.3 Å². The van der Waals surface area contributed by atoms with E-state index in [2.05, 4.69) is 13.8 Å². The Balaban J connectivity index is 1.75. The summed E-state index contributed by atoms with van der Waals surface area (Å²) < 4.78 is 37.2. The minimum absolute atomic E-state index is 0.348. The van der Waals surface area contributed by atoms with Crippen molar-refractivity contribution < 1.29 is 13.5 Å². The predicted octanol–water partition coefficient (Wildman–Crippen LogP) is 8.53. The van der Waals surface area contributed by atoms with Gasteiger partial charge in [-0.15, -0.1) is 0 Å². The minimum Gasteiger partial charge on any atom is -0.494 e. The largest absolute Gasteiger partial charge is 0.494 e. The third-order valence-electron chi connectivity index (χ3n) is 6.19.